The highest BCUT2D eigenvalue weighted by molar-refractivity contribution is 5.96. The molecule has 0 saturated heterocycles. The van der Waals surface area contributed by atoms with E-state index in [9.17, 15) is 14.9 Å². The van der Waals surface area contributed by atoms with E-state index >= 15 is 0 Å². The van der Waals surface area contributed by atoms with Crippen molar-refractivity contribution in [1.29, 1.82) is 0 Å². The van der Waals surface area contributed by atoms with Crippen molar-refractivity contribution in [2.75, 3.05) is 38.0 Å². The number of carbonyl (C=O) groups excluding carboxylic acids is 1. The van der Waals surface area contributed by atoms with E-state index in [1.165, 1.54) is 0 Å². The summed E-state index contributed by atoms with van der Waals surface area (Å²) in [5.41, 5.74) is 10.3. The van der Waals surface area contributed by atoms with E-state index in [2.05, 4.69) is 5.10 Å². The van der Waals surface area contributed by atoms with Crippen LogP contribution in [0.3, 0.4) is 0 Å². The molecule has 0 aliphatic heterocycles. The lowest BCUT2D eigenvalue weighted by Crippen LogP contribution is -2.24. The van der Waals surface area contributed by atoms with Gasteiger partial charge in [0.2, 0.25) is 5.76 Å². The molecule has 0 aliphatic carbocycles. The molecule has 10 heteroatoms. The summed E-state index contributed by atoms with van der Waals surface area (Å²) in [5.74, 6) is 0.210. The minimum atomic E-state index is -0.894. The minimum Gasteiger partial charge on any atom is -0.447 e. The van der Waals surface area contributed by atoms with Gasteiger partial charge in [0.05, 0.1) is 11.1 Å². The number of primary amides is 1. The first-order chi connectivity index (χ1) is 15.2. The van der Waals surface area contributed by atoms with Crippen LogP contribution in [0.15, 0.2) is 58.0 Å². The molecule has 10 nitrogen and oxygen atoms in total. The number of hydrogen-bond donors (Lipinski definition) is 2. The standard InChI is InChI=1S/C22H24N6O4/c1-26(2)16-9-5-14(6-10-16)19-20(28(30)31)18(13-24-25-22(23)29)32-21(19)15-7-11-17(12-8-15)27(3)4/h5-13H,1-4H3,(H3,23,25,29)/b24-13+. The summed E-state index contributed by atoms with van der Waals surface area (Å²) in [6, 6.07) is 13.9. The van der Waals surface area contributed by atoms with Crippen LogP contribution in [0.1, 0.15) is 5.76 Å². The van der Waals surface area contributed by atoms with Crippen LogP contribution in [-0.2, 0) is 0 Å². The van der Waals surface area contributed by atoms with Gasteiger partial charge in [-0.1, -0.05) is 12.1 Å². The largest absolute Gasteiger partial charge is 0.447 e. The molecule has 32 heavy (non-hydrogen) atoms. The third kappa shape index (κ3) is 4.69. The summed E-state index contributed by atoms with van der Waals surface area (Å²) in [6.45, 7) is 0. The Morgan fingerprint density at radius 2 is 1.50 bits per heavy atom. The summed E-state index contributed by atoms with van der Waals surface area (Å²) >= 11 is 0. The summed E-state index contributed by atoms with van der Waals surface area (Å²) in [4.78, 5) is 26.3. The zero-order valence-corrected chi connectivity index (χ0v) is 18.2. The van der Waals surface area contributed by atoms with Crippen molar-refractivity contribution in [2.45, 2.75) is 0 Å². The van der Waals surface area contributed by atoms with Crippen LogP contribution >= 0.6 is 0 Å². The molecule has 0 radical (unpaired) electrons. The highest BCUT2D eigenvalue weighted by Gasteiger charge is 2.31. The molecule has 1 heterocycles. The minimum absolute atomic E-state index is 0.109. The second-order valence-electron chi connectivity index (χ2n) is 7.39. The van der Waals surface area contributed by atoms with Gasteiger partial charge < -0.3 is 20.0 Å². The number of rotatable bonds is 7. The van der Waals surface area contributed by atoms with Crippen LogP contribution < -0.4 is 21.0 Å². The average molecular weight is 436 g/mol. The molecule has 166 valence electrons. The maximum Gasteiger partial charge on any atom is 0.332 e. The van der Waals surface area contributed by atoms with E-state index in [4.69, 9.17) is 10.2 Å². The molecule has 0 fully saturated rings. The average Bonchev–Trinajstić information content (AvgIpc) is 3.13. The molecule has 0 spiro atoms. The van der Waals surface area contributed by atoms with Gasteiger partial charge in [-0.3, -0.25) is 10.1 Å². The first-order valence-electron chi connectivity index (χ1n) is 9.64. The Morgan fingerprint density at radius 1 is 1.00 bits per heavy atom. The van der Waals surface area contributed by atoms with E-state index < -0.39 is 11.0 Å². The zero-order valence-electron chi connectivity index (χ0n) is 18.2. The topological polar surface area (TPSA) is 130 Å². The maximum atomic E-state index is 12.0. The second kappa shape index (κ2) is 9.21. The number of carbonyl (C=O) groups is 1. The predicted octanol–water partition coefficient (Wildman–Crippen LogP) is 3.66. The van der Waals surface area contributed by atoms with Crippen molar-refractivity contribution in [3.05, 3.63) is 64.4 Å². The Bertz CT molecular complexity index is 1150. The summed E-state index contributed by atoms with van der Waals surface area (Å²) in [6.07, 6.45) is 1.07. The fourth-order valence-corrected chi connectivity index (χ4v) is 3.17. The van der Waals surface area contributed by atoms with Crippen molar-refractivity contribution in [3.8, 4) is 22.5 Å². The molecule has 3 rings (SSSR count). The zero-order chi connectivity index (χ0) is 23.4. The van der Waals surface area contributed by atoms with E-state index in [0.29, 0.717) is 22.5 Å². The van der Waals surface area contributed by atoms with Crippen LogP contribution in [0.2, 0.25) is 0 Å². The fraction of sp³-hybridized carbons (Fsp3) is 0.182. The van der Waals surface area contributed by atoms with Gasteiger partial charge in [-0.15, -0.1) is 0 Å². The third-order valence-electron chi connectivity index (χ3n) is 4.77. The van der Waals surface area contributed by atoms with Crippen LogP contribution in [0.25, 0.3) is 22.5 Å². The van der Waals surface area contributed by atoms with Gasteiger partial charge in [-0.05, 0) is 42.0 Å². The Kier molecular flexibility index (Phi) is 6.43. The number of nitrogens with zero attached hydrogens (tertiary/aromatic N) is 4. The van der Waals surface area contributed by atoms with Gasteiger partial charge in [-0.25, -0.2) is 10.2 Å². The van der Waals surface area contributed by atoms with Crippen molar-refractivity contribution in [3.63, 3.8) is 0 Å². The highest BCUT2D eigenvalue weighted by atomic mass is 16.6. The van der Waals surface area contributed by atoms with Crippen molar-refractivity contribution in [2.24, 2.45) is 10.8 Å². The normalized spacial score (nSPS) is 10.9. The Balaban J connectivity index is 2.22. The van der Waals surface area contributed by atoms with Crippen molar-refractivity contribution >= 4 is 29.3 Å². The molecular formula is C22H24N6O4. The molecule has 3 aromatic rings. The van der Waals surface area contributed by atoms with Gasteiger partial charge >= 0.3 is 11.7 Å². The first kappa shape index (κ1) is 22.3. The SMILES string of the molecule is CN(C)c1ccc(-c2oc(/C=N/NC(N)=O)c([N+](=O)[O-])c2-c2ccc(N(C)C)cc2)cc1. The molecule has 2 amide bonds. The van der Waals surface area contributed by atoms with Gasteiger partial charge in [0.1, 0.15) is 11.3 Å². The molecule has 2 aromatic carbocycles. The van der Waals surface area contributed by atoms with E-state index in [0.717, 1.165) is 17.6 Å². The Labute approximate surface area is 185 Å². The molecule has 3 N–H and O–H groups in total. The maximum absolute atomic E-state index is 12.0. The van der Waals surface area contributed by atoms with Crippen LogP contribution in [0, 0.1) is 10.1 Å². The number of hydrogen-bond acceptors (Lipinski definition) is 7. The Hall–Kier alpha value is -4.34. The molecule has 0 atom stereocenters. The highest BCUT2D eigenvalue weighted by Crippen LogP contribution is 2.44. The first-order valence-corrected chi connectivity index (χ1v) is 9.64. The number of nitrogens with one attached hydrogen (secondary N) is 1. The predicted molar refractivity (Wildman–Crippen MR) is 125 cm³/mol. The van der Waals surface area contributed by atoms with Gasteiger partial charge in [0.25, 0.3) is 0 Å². The number of furan rings is 1. The van der Waals surface area contributed by atoms with Gasteiger partial charge in [-0.2, -0.15) is 5.10 Å². The number of anilines is 2. The number of urea groups is 1. The number of amides is 2. The van der Waals surface area contributed by atoms with Crippen LogP contribution in [0.5, 0.6) is 0 Å². The van der Waals surface area contributed by atoms with E-state index in [-0.39, 0.29) is 11.4 Å². The summed E-state index contributed by atoms with van der Waals surface area (Å²) in [7, 11) is 7.66. The van der Waals surface area contributed by atoms with E-state index in [1.807, 2.05) is 79.8 Å². The van der Waals surface area contributed by atoms with Crippen LogP contribution in [-0.4, -0.2) is 45.4 Å². The molecule has 0 bridgehead atoms. The number of hydrazone groups is 1. The molecule has 1 aromatic heterocycles. The number of benzene rings is 2. The third-order valence-corrected chi connectivity index (χ3v) is 4.77. The second-order valence-corrected chi connectivity index (χ2v) is 7.39. The van der Waals surface area contributed by atoms with Gasteiger partial charge in [0, 0.05) is 45.1 Å². The van der Waals surface area contributed by atoms with E-state index in [1.54, 1.807) is 12.1 Å². The summed E-state index contributed by atoms with van der Waals surface area (Å²) in [5, 5.41) is 15.7. The summed E-state index contributed by atoms with van der Waals surface area (Å²) < 4.78 is 5.90. The molecule has 0 saturated carbocycles. The van der Waals surface area contributed by atoms with Crippen molar-refractivity contribution < 1.29 is 14.1 Å². The fourth-order valence-electron chi connectivity index (χ4n) is 3.17. The lowest BCUT2D eigenvalue weighted by Gasteiger charge is -2.13. The number of nitro groups is 1. The molecular weight excluding hydrogens is 412 g/mol. The van der Waals surface area contributed by atoms with Crippen molar-refractivity contribution in [1.82, 2.24) is 5.43 Å². The monoisotopic (exact) mass is 436 g/mol. The van der Waals surface area contributed by atoms with Crippen LogP contribution in [0.4, 0.5) is 21.9 Å². The Morgan fingerprint density at radius 3 is 1.94 bits per heavy atom. The quantitative estimate of drug-likeness (QED) is 0.330. The molecule has 0 aliphatic rings. The smallest absolute Gasteiger partial charge is 0.332 e. The lowest BCUT2D eigenvalue weighted by molar-refractivity contribution is -0.384. The lowest BCUT2D eigenvalue weighted by atomic mass is 9.99. The van der Waals surface area contributed by atoms with Gasteiger partial charge in [0.15, 0.2) is 0 Å². The number of nitrogens with two attached hydrogens (primary N) is 1. The molecule has 0 unspecified atom stereocenters.